The van der Waals surface area contributed by atoms with Crippen LogP contribution in [0.1, 0.15) is 12.7 Å². The summed E-state index contributed by atoms with van der Waals surface area (Å²) in [4.78, 5) is 11.5. The second-order valence-electron chi connectivity index (χ2n) is 3.53. The van der Waals surface area contributed by atoms with Crippen molar-refractivity contribution < 1.29 is 4.42 Å². The molecule has 2 heterocycles. The maximum Gasteiger partial charge on any atom is 0.228 e. The molecule has 0 radical (unpaired) electrons. The SMILES string of the molecule is CC(Cc1ccco1)Nc1nc(Cl)nc(Cl)n1. The van der Waals surface area contributed by atoms with Gasteiger partial charge in [-0.2, -0.15) is 15.0 Å². The predicted octanol–water partition coefficient (Wildman–Crippen LogP) is 2.81. The van der Waals surface area contributed by atoms with Gasteiger partial charge in [0.25, 0.3) is 0 Å². The second-order valence-corrected chi connectivity index (χ2v) is 4.20. The molecule has 1 atom stereocenters. The molecule has 0 fully saturated rings. The summed E-state index contributed by atoms with van der Waals surface area (Å²) in [6.45, 7) is 1.98. The number of nitrogens with zero attached hydrogens (tertiary/aromatic N) is 3. The van der Waals surface area contributed by atoms with Gasteiger partial charge in [-0.1, -0.05) is 0 Å². The average molecular weight is 273 g/mol. The first-order chi connectivity index (χ1) is 8.13. The Morgan fingerprint density at radius 2 is 2.00 bits per heavy atom. The van der Waals surface area contributed by atoms with Crippen LogP contribution < -0.4 is 5.32 Å². The highest BCUT2D eigenvalue weighted by Crippen LogP contribution is 2.12. The molecule has 0 aliphatic rings. The smallest absolute Gasteiger partial charge is 0.228 e. The van der Waals surface area contributed by atoms with Crippen molar-refractivity contribution in [2.24, 2.45) is 0 Å². The van der Waals surface area contributed by atoms with E-state index in [-0.39, 0.29) is 16.6 Å². The van der Waals surface area contributed by atoms with Crippen LogP contribution in [0.4, 0.5) is 5.95 Å². The standard InChI is InChI=1S/C10H10Cl2N4O/c1-6(5-7-3-2-4-17-7)13-10-15-8(11)14-9(12)16-10/h2-4,6H,5H2,1H3,(H,13,14,15,16). The van der Waals surface area contributed by atoms with Gasteiger partial charge in [-0.05, 0) is 42.3 Å². The van der Waals surface area contributed by atoms with Crippen LogP contribution in [0.5, 0.6) is 0 Å². The van der Waals surface area contributed by atoms with Gasteiger partial charge in [0, 0.05) is 12.5 Å². The second kappa shape index (κ2) is 5.33. The number of hydrogen-bond acceptors (Lipinski definition) is 5. The number of furan rings is 1. The van der Waals surface area contributed by atoms with Crippen LogP contribution in [-0.4, -0.2) is 21.0 Å². The molecule has 90 valence electrons. The van der Waals surface area contributed by atoms with Crippen LogP contribution in [-0.2, 0) is 6.42 Å². The molecule has 1 unspecified atom stereocenters. The number of halogens is 2. The third kappa shape index (κ3) is 3.57. The van der Waals surface area contributed by atoms with E-state index in [1.807, 2.05) is 19.1 Å². The van der Waals surface area contributed by atoms with Crippen LogP contribution in [0.25, 0.3) is 0 Å². The van der Waals surface area contributed by atoms with E-state index in [1.165, 1.54) is 0 Å². The van der Waals surface area contributed by atoms with E-state index in [0.717, 1.165) is 5.76 Å². The molecule has 17 heavy (non-hydrogen) atoms. The molecule has 2 aromatic heterocycles. The Hall–Kier alpha value is -1.33. The largest absolute Gasteiger partial charge is 0.469 e. The van der Waals surface area contributed by atoms with E-state index in [9.17, 15) is 0 Å². The van der Waals surface area contributed by atoms with Crippen LogP contribution in [0.2, 0.25) is 10.6 Å². The molecule has 0 saturated carbocycles. The Morgan fingerprint density at radius 3 is 2.59 bits per heavy atom. The molecule has 2 aromatic rings. The fraction of sp³-hybridized carbons (Fsp3) is 0.300. The zero-order valence-corrected chi connectivity index (χ0v) is 10.5. The fourth-order valence-electron chi connectivity index (χ4n) is 1.39. The Labute approximate surface area is 108 Å². The van der Waals surface area contributed by atoms with E-state index < -0.39 is 0 Å². The minimum atomic E-state index is 0.0673. The molecule has 5 nitrogen and oxygen atoms in total. The molecule has 0 aliphatic heterocycles. The van der Waals surface area contributed by atoms with Crippen LogP contribution >= 0.6 is 23.2 Å². The average Bonchev–Trinajstić information content (AvgIpc) is 2.67. The molecule has 0 bridgehead atoms. The molecule has 0 aliphatic carbocycles. The molecule has 0 amide bonds. The van der Waals surface area contributed by atoms with Gasteiger partial charge in [0.15, 0.2) is 0 Å². The van der Waals surface area contributed by atoms with E-state index in [1.54, 1.807) is 6.26 Å². The highest BCUT2D eigenvalue weighted by molar-refractivity contribution is 6.31. The Bertz CT molecular complexity index is 469. The number of nitrogens with one attached hydrogen (secondary N) is 1. The molecule has 1 N–H and O–H groups in total. The van der Waals surface area contributed by atoms with Gasteiger partial charge in [-0.3, -0.25) is 0 Å². The first-order valence-electron chi connectivity index (χ1n) is 4.99. The number of aromatic nitrogens is 3. The lowest BCUT2D eigenvalue weighted by molar-refractivity contribution is 0.497. The van der Waals surface area contributed by atoms with Gasteiger partial charge < -0.3 is 9.73 Å². The Morgan fingerprint density at radius 1 is 1.29 bits per heavy atom. The third-order valence-electron chi connectivity index (χ3n) is 2.04. The molecular weight excluding hydrogens is 263 g/mol. The highest BCUT2D eigenvalue weighted by Gasteiger charge is 2.09. The number of rotatable bonds is 4. The van der Waals surface area contributed by atoms with Crippen LogP contribution in [0.15, 0.2) is 22.8 Å². The lowest BCUT2D eigenvalue weighted by Crippen LogP contribution is -2.19. The first kappa shape index (κ1) is 12.1. The lowest BCUT2D eigenvalue weighted by atomic mass is 10.2. The van der Waals surface area contributed by atoms with Crippen molar-refractivity contribution in [2.75, 3.05) is 5.32 Å². The van der Waals surface area contributed by atoms with E-state index >= 15 is 0 Å². The summed E-state index contributed by atoms with van der Waals surface area (Å²) >= 11 is 11.3. The monoisotopic (exact) mass is 272 g/mol. The van der Waals surface area contributed by atoms with Gasteiger partial charge in [-0.25, -0.2) is 0 Å². The molecule has 7 heteroatoms. The van der Waals surface area contributed by atoms with Crippen molar-refractivity contribution >= 4 is 29.2 Å². The fourth-order valence-corrected chi connectivity index (χ4v) is 1.76. The zero-order chi connectivity index (χ0) is 12.3. The highest BCUT2D eigenvalue weighted by atomic mass is 35.5. The first-order valence-corrected chi connectivity index (χ1v) is 5.75. The predicted molar refractivity (Wildman–Crippen MR) is 65.3 cm³/mol. The molecule has 2 rings (SSSR count). The minimum Gasteiger partial charge on any atom is -0.469 e. The Balaban J connectivity index is 2.00. The molecule has 0 aromatic carbocycles. The van der Waals surface area contributed by atoms with Crippen molar-refractivity contribution in [1.29, 1.82) is 0 Å². The maximum atomic E-state index is 5.67. The minimum absolute atomic E-state index is 0.0673. The summed E-state index contributed by atoms with van der Waals surface area (Å²) in [5.74, 6) is 1.24. The maximum absolute atomic E-state index is 5.67. The van der Waals surface area contributed by atoms with Gasteiger partial charge in [-0.15, -0.1) is 0 Å². The zero-order valence-electron chi connectivity index (χ0n) is 9.02. The van der Waals surface area contributed by atoms with Crippen molar-refractivity contribution in [1.82, 2.24) is 15.0 Å². The number of hydrogen-bond donors (Lipinski definition) is 1. The van der Waals surface area contributed by atoms with Crippen molar-refractivity contribution in [3.63, 3.8) is 0 Å². The van der Waals surface area contributed by atoms with E-state index in [2.05, 4.69) is 20.3 Å². The van der Waals surface area contributed by atoms with Crippen LogP contribution in [0.3, 0.4) is 0 Å². The third-order valence-corrected chi connectivity index (χ3v) is 2.38. The van der Waals surface area contributed by atoms with Crippen molar-refractivity contribution in [3.8, 4) is 0 Å². The lowest BCUT2D eigenvalue weighted by Gasteiger charge is -2.12. The number of anilines is 1. The molecule has 0 saturated heterocycles. The van der Waals surface area contributed by atoms with E-state index in [4.69, 9.17) is 27.6 Å². The van der Waals surface area contributed by atoms with Gasteiger partial charge in [0.05, 0.1) is 6.26 Å². The summed E-state index contributed by atoms with van der Waals surface area (Å²) in [6.07, 6.45) is 2.35. The molecular formula is C10H10Cl2N4O. The summed E-state index contributed by atoms with van der Waals surface area (Å²) in [7, 11) is 0. The van der Waals surface area contributed by atoms with Crippen LogP contribution in [0, 0.1) is 0 Å². The molecule has 0 spiro atoms. The van der Waals surface area contributed by atoms with Gasteiger partial charge in [0.1, 0.15) is 5.76 Å². The Kier molecular flexibility index (Phi) is 3.81. The summed E-state index contributed by atoms with van der Waals surface area (Å²) in [6, 6.07) is 3.85. The quantitative estimate of drug-likeness (QED) is 0.927. The van der Waals surface area contributed by atoms with Gasteiger partial charge >= 0.3 is 0 Å². The van der Waals surface area contributed by atoms with Crippen molar-refractivity contribution in [2.45, 2.75) is 19.4 Å². The topological polar surface area (TPSA) is 63.8 Å². The summed E-state index contributed by atoms with van der Waals surface area (Å²) < 4.78 is 5.24. The van der Waals surface area contributed by atoms with Gasteiger partial charge in [0.2, 0.25) is 16.5 Å². The summed E-state index contributed by atoms with van der Waals surface area (Å²) in [5.41, 5.74) is 0. The summed E-state index contributed by atoms with van der Waals surface area (Å²) in [5, 5.41) is 3.21. The van der Waals surface area contributed by atoms with E-state index in [0.29, 0.717) is 12.4 Å². The van der Waals surface area contributed by atoms with Crippen molar-refractivity contribution in [3.05, 3.63) is 34.7 Å². The normalized spacial score (nSPS) is 12.4.